The van der Waals surface area contributed by atoms with Gasteiger partial charge in [-0.25, -0.2) is 9.37 Å². The number of ether oxygens (including phenoxy) is 1. The van der Waals surface area contributed by atoms with E-state index in [1.165, 1.54) is 6.07 Å². The molecule has 22 heavy (non-hydrogen) atoms. The van der Waals surface area contributed by atoms with E-state index in [0.717, 1.165) is 6.07 Å². The summed E-state index contributed by atoms with van der Waals surface area (Å²) in [5, 5.41) is 2.60. The number of rotatable bonds is 5. The maximum absolute atomic E-state index is 13.4. The molecule has 0 bridgehead atoms. The van der Waals surface area contributed by atoms with E-state index in [4.69, 9.17) is 27.9 Å². The van der Waals surface area contributed by atoms with Crippen molar-refractivity contribution >= 4 is 29.1 Å². The third-order valence-corrected chi connectivity index (χ3v) is 3.43. The van der Waals surface area contributed by atoms with Gasteiger partial charge in [0.15, 0.2) is 0 Å². The first kappa shape index (κ1) is 16.5. The average Bonchev–Trinajstić information content (AvgIpc) is 2.50. The maximum atomic E-state index is 13.4. The fourth-order valence-electron chi connectivity index (χ4n) is 1.79. The van der Waals surface area contributed by atoms with Gasteiger partial charge in [0.2, 0.25) is 5.88 Å². The van der Waals surface area contributed by atoms with Gasteiger partial charge in [-0.3, -0.25) is 4.79 Å². The normalized spacial score (nSPS) is 10.4. The molecule has 0 radical (unpaired) electrons. The largest absolute Gasteiger partial charge is 0.478 e. The van der Waals surface area contributed by atoms with E-state index in [2.05, 4.69) is 10.3 Å². The SMILES string of the molecule is CCOc1ncccc1CNC(=O)c1cc(F)c(Cl)cc1Cl. The van der Waals surface area contributed by atoms with Crippen LogP contribution in [0.1, 0.15) is 22.8 Å². The number of hydrogen-bond acceptors (Lipinski definition) is 3. The van der Waals surface area contributed by atoms with E-state index in [1.807, 2.05) is 6.92 Å². The van der Waals surface area contributed by atoms with Gasteiger partial charge in [0.25, 0.3) is 5.91 Å². The van der Waals surface area contributed by atoms with E-state index >= 15 is 0 Å². The second-order valence-corrected chi connectivity index (χ2v) is 5.14. The van der Waals surface area contributed by atoms with E-state index in [1.54, 1.807) is 18.3 Å². The molecule has 0 saturated carbocycles. The van der Waals surface area contributed by atoms with Crippen molar-refractivity contribution in [3.05, 3.63) is 57.5 Å². The second-order valence-electron chi connectivity index (χ2n) is 4.33. The number of benzene rings is 1. The monoisotopic (exact) mass is 342 g/mol. The lowest BCUT2D eigenvalue weighted by atomic mass is 10.2. The van der Waals surface area contributed by atoms with Crippen molar-refractivity contribution in [2.75, 3.05) is 6.61 Å². The van der Waals surface area contributed by atoms with Crippen LogP contribution in [0.15, 0.2) is 30.5 Å². The first-order valence-electron chi connectivity index (χ1n) is 6.52. The van der Waals surface area contributed by atoms with Crippen molar-refractivity contribution in [3.8, 4) is 5.88 Å². The van der Waals surface area contributed by atoms with Gasteiger partial charge in [0, 0.05) is 18.3 Å². The molecule has 0 aliphatic carbocycles. The standard InChI is InChI=1S/C15H13Cl2FN2O2/c1-2-22-15-9(4-3-5-19-15)8-20-14(21)10-6-13(18)12(17)7-11(10)16/h3-7H,2,8H2,1H3,(H,20,21). The van der Waals surface area contributed by atoms with Crippen molar-refractivity contribution < 1.29 is 13.9 Å². The van der Waals surface area contributed by atoms with Crippen LogP contribution in [0.5, 0.6) is 5.88 Å². The summed E-state index contributed by atoms with van der Waals surface area (Å²) in [7, 11) is 0. The quantitative estimate of drug-likeness (QED) is 0.839. The predicted octanol–water partition coefficient (Wildman–Crippen LogP) is 3.86. The van der Waals surface area contributed by atoms with Crippen molar-refractivity contribution in [2.45, 2.75) is 13.5 Å². The van der Waals surface area contributed by atoms with Gasteiger partial charge >= 0.3 is 0 Å². The minimum absolute atomic E-state index is 0.0189. The van der Waals surface area contributed by atoms with Crippen LogP contribution >= 0.6 is 23.2 Å². The van der Waals surface area contributed by atoms with Crippen LogP contribution in [0, 0.1) is 5.82 Å². The number of nitrogens with one attached hydrogen (secondary N) is 1. The Morgan fingerprint density at radius 2 is 2.14 bits per heavy atom. The lowest BCUT2D eigenvalue weighted by molar-refractivity contribution is 0.0950. The van der Waals surface area contributed by atoms with Crippen molar-refractivity contribution in [3.63, 3.8) is 0 Å². The molecule has 0 unspecified atom stereocenters. The number of amides is 1. The minimum Gasteiger partial charge on any atom is -0.478 e. The third-order valence-electron chi connectivity index (χ3n) is 2.83. The van der Waals surface area contributed by atoms with Crippen molar-refractivity contribution in [2.24, 2.45) is 0 Å². The number of halogens is 3. The number of carbonyl (C=O) groups is 1. The van der Waals surface area contributed by atoms with E-state index in [9.17, 15) is 9.18 Å². The lowest BCUT2D eigenvalue weighted by Crippen LogP contribution is -2.23. The molecule has 2 rings (SSSR count). The van der Waals surface area contributed by atoms with Gasteiger partial charge in [-0.2, -0.15) is 0 Å². The van der Waals surface area contributed by atoms with E-state index < -0.39 is 11.7 Å². The summed E-state index contributed by atoms with van der Waals surface area (Å²) in [6.45, 7) is 2.49. The molecule has 0 aliphatic rings. The van der Waals surface area contributed by atoms with Crippen LogP contribution < -0.4 is 10.1 Å². The lowest BCUT2D eigenvalue weighted by Gasteiger charge is -2.10. The first-order chi connectivity index (χ1) is 10.5. The minimum atomic E-state index is -0.701. The molecule has 4 nitrogen and oxygen atoms in total. The van der Waals surface area contributed by atoms with Crippen molar-refractivity contribution in [1.29, 1.82) is 0 Å². The van der Waals surface area contributed by atoms with Crippen LogP contribution in [0.2, 0.25) is 10.0 Å². The number of hydrogen-bond donors (Lipinski definition) is 1. The van der Waals surface area contributed by atoms with E-state index in [-0.39, 0.29) is 22.2 Å². The average molecular weight is 343 g/mol. The Morgan fingerprint density at radius 1 is 1.36 bits per heavy atom. The molecule has 1 heterocycles. The number of pyridine rings is 1. The smallest absolute Gasteiger partial charge is 0.253 e. The molecule has 1 aromatic carbocycles. The Bertz CT molecular complexity index is 695. The summed E-state index contributed by atoms with van der Waals surface area (Å²) >= 11 is 11.5. The number of nitrogens with zero attached hydrogens (tertiary/aromatic N) is 1. The molecular weight excluding hydrogens is 330 g/mol. The van der Waals surface area contributed by atoms with Crippen LogP contribution in [-0.2, 0) is 6.54 Å². The molecule has 2 aromatic rings. The molecule has 1 aromatic heterocycles. The van der Waals surface area contributed by atoms with Gasteiger partial charge in [-0.1, -0.05) is 29.3 Å². The summed E-state index contributed by atoms with van der Waals surface area (Å²) in [4.78, 5) is 16.2. The summed E-state index contributed by atoms with van der Waals surface area (Å²) in [5.74, 6) is -0.766. The van der Waals surface area contributed by atoms with Gasteiger partial charge in [0.05, 0.1) is 22.2 Å². The van der Waals surface area contributed by atoms with Gasteiger partial charge in [-0.05, 0) is 25.1 Å². The van der Waals surface area contributed by atoms with Gasteiger partial charge in [0.1, 0.15) is 5.82 Å². The zero-order valence-corrected chi connectivity index (χ0v) is 13.2. The topological polar surface area (TPSA) is 51.2 Å². The Morgan fingerprint density at radius 3 is 2.86 bits per heavy atom. The highest BCUT2D eigenvalue weighted by atomic mass is 35.5. The van der Waals surface area contributed by atoms with E-state index in [0.29, 0.717) is 18.1 Å². The summed E-state index contributed by atoms with van der Waals surface area (Å²) in [5.41, 5.74) is 0.730. The van der Waals surface area contributed by atoms with Crippen LogP contribution in [0.3, 0.4) is 0 Å². The Hall–Kier alpha value is -1.85. The van der Waals surface area contributed by atoms with Crippen LogP contribution in [0.4, 0.5) is 4.39 Å². The fourth-order valence-corrected chi connectivity index (χ4v) is 2.26. The first-order valence-corrected chi connectivity index (χ1v) is 7.28. The highest BCUT2D eigenvalue weighted by Crippen LogP contribution is 2.24. The number of aromatic nitrogens is 1. The van der Waals surface area contributed by atoms with Crippen LogP contribution in [-0.4, -0.2) is 17.5 Å². The molecule has 0 fully saturated rings. The second kappa shape index (κ2) is 7.42. The summed E-state index contributed by atoms with van der Waals surface area (Å²) < 4.78 is 18.8. The molecule has 0 spiro atoms. The fraction of sp³-hybridized carbons (Fsp3) is 0.200. The van der Waals surface area contributed by atoms with Crippen molar-refractivity contribution in [1.82, 2.24) is 10.3 Å². The molecule has 7 heteroatoms. The highest BCUT2D eigenvalue weighted by Gasteiger charge is 2.15. The zero-order valence-electron chi connectivity index (χ0n) is 11.7. The highest BCUT2D eigenvalue weighted by molar-refractivity contribution is 6.36. The molecule has 1 amide bonds. The molecule has 0 atom stereocenters. The predicted molar refractivity (Wildman–Crippen MR) is 83.0 cm³/mol. The molecule has 116 valence electrons. The van der Waals surface area contributed by atoms with Gasteiger partial charge < -0.3 is 10.1 Å². The maximum Gasteiger partial charge on any atom is 0.253 e. The van der Waals surface area contributed by atoms with Gasteiger partial charge in [-0.15, -0.1) is 0 Å². The Kier molecular flexibility index (Phi) is 5.57. The van der Waals surface area contributed by atoms with Crippen LogP contribution in [0.25, 0.3) is 0 Å². The molecule has 0 aliphatic heterocycles. The molecular formula is C15H13Cl2FN2O2. The summed E-state index contributed by atoms with van der Waals surface area (Å²) in [6.07, 6.45) is 1.60. The Balaban J connectivity index is 2.12. The summed E-state index contributed by atoms with van der Waals surface area (Å²) in [6, 6.07) is 5.72. The molecule has 0 saturated heterocycles. The Labute approximate surface area is 137 Å². The molecule has 1 N–H and O–H groups in total. The number of carbonyl (C=O) groups excluding carboxylic acids is 1. The third kappa shape index (κ3) is 3.87. The zero-order chi connectivity index (χ0) is 16.1.